The molecule has 2 N–H and O–H groups in total. The van der Waals surface area contributed by atoms with E-state index in [4.69, 9.17) is 4.74 Å². The Bertz CT molecular complexity index is 652. The molecule has 3 rings (SSSR count). The van der Waals surface area contributed by atoms with E-state index in [-0.39, 0.29) is 11.9 Å². The molecule has 0 radical (unpaired) electrons. The molecule has 1 aliphatic heterocycles. The maximum absolute atomic E-state index is 12.5. The molecule has 1 fully saturated rings. The minimum atomic E-state index is -0.120. The average Bonchev–Trinajstić information content (AvgIpc) is 3.11. The third-order valence-corrected chi connectivity index (χ3v) is 4.17. The molecular weight excluding hydrogens is 306 g/mol. The summed E-state index contributed by atoms with van der Waals surface area (Å²) in [5.41, 5.74) is 0.950. The Labute approximate surface area is 141 Å². The zero-order valence-corrected chi connectivity index (χ0v) is 13.9. The summed E-state index contributed by atoms with van der Waals surface area (Å²) in [7, 11) is 0. The SMILES string of the molecule is CC[C@H](C(=O)NCc1nc(-c2ccccc2)n[nH]1)N1CCOCC1. The Balaban J connectivity index is 1.56. The topological polar surface area (TPSA) is 83.1 Å². The number of nitrogens with one attached hydrogen (secondary N) is 2. The molecule has 1 aliphatic rings. The van der Waals surface area contributed by atoms with Gasteiger partial charge in [-0.15, -0.1) is 0 Å². The fraction of sp³-hybridized carbons (Fsp3) is 0.471. The summed E-state index contributed by atoms with van der Waals surface area (Å²) >= 11 is 0. The van der Waals surface area contributed by atoms with Crippen molar-refractivity contribution in [3.63, 3.8) is 0 Å². The van der Waals surface area contributed by atoms with Crippen LogP contribution in [0.4, 0.5) is 0 Å². The molecule has 24 heavy (non-hydrogen) atoms. The fourth-order valence-corrected chi connectivity index (χ4v) is 2.88. The van der Waals surface area contributed by atoms with E-state index in [1.54, 1.807) is 0 Å². The Morgan fingerprint density at radius 2 is 2.08 bits per heavy atom. The Hall–Kier alpha value is -2.25. The molecule has 1 aromatic heterocycles. The molecule has 1 atom stereocenters. The van der Waals surface area contributed by atoms with Crippen molar-refractivity contribution in [2.24, 2.45) is 0 Å². The van der Waals surface area contributed by atoms with E-state index in [0.29, 0.717) is 31.4 Å². The summed E-state index contributed by atoms with van der Waals surface area (Å²) in [6, 6.07) is 9.63. The molecule has 1 saturated heterocycles. The molecule has 0 unspecified atom stereocenters. The second-order valence-electron chi connectivity index (χ2n) is 5.76. The van der Waals surface area contributed by atoms with Gasteiger partial charge in [-0.2, -0.15) is 5.10 Å². The van der Waals surface area contributed by atoms with Gasteiger partial charge in [-0.05, 0) is 6.42 Å². The van der Waals surface area contributed by atoms with Gasteiger partial charge in [0.1, 0.15) is 5.82 Å². The largest absolute Gasteiger partial charge is 0.379 e. The first-order valence-corrected chi connectivity index (χ1v) is 8.34. The third-order valence-electron chi connectivity index (χ3n) is 4.17. The van der Waals surface area contributed by atoms with E-state index in [0.717, 1.165) is 25.1 Å². The van der Waals surface area contributed by atoms with E-state index in [1.165, 1.54) is 0 Å². The first-order chi connectivity index (χ1) is 11.8. The first kappa shape index (κ1) is 16.6. The normalized spacial score (nSPS) is 16.7. The van der Waals surface area contributed by atoms with Gasteiger partial charge in [0, 0.05) is 18.7 Å². The van der Waals surface area contributed by atoms with Crippen LogP contribution in [0.3, 0.4) is 0 Å². The number of nitrogens with zero attached hydrogens (tertiary/aromatic N) is 3. The number of rotatable bonds is 6. The van der Waals surface area contributed by atoms with Crippen LogP contribution in [0, 0.1) is 0 Å². The van der Waals surface area contributed by atoms with Gasteiger partial charge in [0.2, 0.25) is 5.91 Å². The molecule has 0 aliphatic carbocycles. The van der Waals surface area contributed by atoms with Crippen molar-refractivity contribution >= 4 is 5.91 Å². The van der Waals surface area contributed by atoms with Gasteiger partial charge >= 0.3 is 0 Å². The zero-order chi connectivity index (χ0) is 16.8. The fourth-order valence-electron chi connectivity index (χ4n) is 2.88. The number of aromatic nitrogens is 3. The minimum absolute atomic E-state index is 0.0251. The van der Waals surface area contributed by atoms with E-state index >= 15 is 0 Å². The molecule has 2 heterocycles. The van der Waals surface area contributed by atoms with Gasteiger partial charge in [-0.25, -0.2) is 4.98 Å². The number of carbonyl (C=O) groups is 1. The predicted octanol–water partition coefficient (Wildman–Crippen LogP) is 1.20. The van der Waals surface area contributed by atoms with Crippen molar-refractivity contribution in [3.8, 4) is 11.4 Å². The Morgan fingerprint density at radius 3 is 2.79 bits per heavy atom. The number of H-pyrrole nitrogens is 1. The highest BCUT2D eigenvalue weighted by atomic mass is 16.5. The Kier molecular flexibility index (Phi) is 5.55. The van der Waals surface area contributed by atoms with Crippen molar-refractivity contribution in [2.45, 2.75) is 25.9 Å². The number of carbonyl (C=O) groups excluding carboxylic acids is 1. The van der Waals surface area contributed by atoms with E-state index in [2.05, 4.69) is 25.4 Å². The summed E-state index contributed by atoms with van der Waals surface area (Å²) in [6.45, 7) is 5.35. The quantitative estimate of drug-likeness (QED) is 0.832. The molecule has 0 spiro atoms. The molecular formula is C17H23N5O2. The molecule has 2 aromatic rings. The van der Waals surface area contributed by atoms with E-state index in [1.807, 2.05) is 37.3 Å². The molecule has 0 saturated carbocycles. The van der Waals surface area contributed by atoms with Gasteiger partial charge in [0.25, 0.3) is 0 Å². The van der Waals surface area contributed by atoms with Crippen LogP contribution in [0.1, 0.15) is 19.2 Å². The summed E-state index contributed by atoms with van der Waals surface area (Å²) in [4.78, 5) is 19.1. The third kappa shape index (κ3) is 3.98. The molecule has 1 aromatic carbocycles. The molecule has 0 bridgehead atoms. The minimum Gasteiger partial charge on any atom is -0.379 e. The van der Waals surface area contributed by atoms with Crippen molar-refractivity contribution < 1.29 is 9.53 Å². The van der Waals surface area contributed by atoms with Gasteiger partial charge in [-0.1, -0.05) is 37.3 Å². The summed E-state index contributed by atoms with van der Waals surface area (Å²) in [6.07, 6.45) is 0.775. The smallest absolute Gasteiger partial charge is 0.237 e. The number of benzene rings is 1. The van der Waals surface area contributed by atoms with E-state index in [9.17, 15) is 4.79 Å². The van der Waals surface area contributed by atoms with Crippen molar-refractivity contribution in [1.82, 2.24) is 25.4 Å². The number of hydrogen-bond donors (Lipinski definition) is 2. The maximum Gasteiger partial charge on any atom is 0.237 e. The highest BCUT2D eigenvalue weighted by Gasteiger charge is 2.25. The number of aromatic amines is 1. The molecule has 7 heteroatoms. The highest BCUT2D eigenvalue weighted by Crippen LogP contribution is 2.13. The lowest BCUT2D eigenvalue weighted by Gasteiger charge is -2.32. The molecule has 1 amide bonds. The van der Waals surface area contributed by atoms with Crippen LogP contribution < -0.4 is 5.32 Å². The number of ether oxygens (including phenoxy) is 1. The van der Waals surface area contributed by atoms with Gasteiger partial charge in [0.15, 0.2) is 5.82 Å². The van der Waals surface area contributed by atoms with Crippen LogP contribution in [0.5, 0.6) is 0 Å². The summed E-state index contributed by atoms with van der Waals surface area (Å²) in [5.74, 6) is 1.32. The number of morpholine rings is 1. The van der Waals surface area contributed by atoms with Crippen LogP contribution in [-0.2, 0) is 16.1 Å². The number of amides is 1. The highest BCUT2D eigenvalue weighted by molar-refractivity contribution is 5.81. The lowest BCUT2D eigenvalue weighted by molar-refractivity contribution is -0.128. The van der Waals surface area contributed by atoms with Gasteiger partial charge in [-0.3, -0.25) is 14.8 Å². The van der Waals surface area contributed by atoms with Crippen LogP contribution in [0.15, 0.2) is 30.3 Å². The van der Waals surface area contributed by atoms with Crippen molar-refractivity contribution in [2.75, 3.05) is 26.3 Å². The van der Waals surface area contributed by atoms with Gasteiger partial charge < -0.3 is 10.1 Å². The Morgan fingerprint density at radius 1 is 1.33 bits per heavy atom. The predicted molar refractivity (Wildman–Crippen MR) is 90.1 cm³/mol. The second-order valence-corrected chi connectivity index (χ2v) is 5.76. The standard InChI is InChI=1S/C17H23N5O2/c1-2-14(22-8-10-24-11-9-22)17(23)18-12-15-19-16(21-20-15)13-6-4-3-5-7-13/h3-7,14H,2,8-12H2,1H3,(H,18,23)(H,19,20,21)/t14-/m1/s1. The van der Waals surface area contributed by atoms with Crippen LogP contribution in [0.2, 0.25) is 0 Å². The van der Waals surface area contributed by atoms with Crippen molar-refractivity contribution in [1.29, 1.82) is 0 Å². The second kappa shape index (κ2) is 8.03. The number of hydrogen-bond acceptors (Lipinski definition) is 5. The summed E-state index contributed by atoms with van der Waals surface area (Å²) < 4.78 is 5.35. The van der Waals surface area contributed by atoms with Crippen LogP contribution in [-0.4, -0.2) is 58.3 Å². The monoisotopic (exact) mass is 329 g/mol. The van der Waals surface area contributed by atoms with Gasteiger partial charge in [0.05, 0.1) is 25.8 Å². The average molecular weight is 329 g/mol. The van der Waals surface area contributed by atoms with Crippen molar-refractivity contribution in [3.05, 3.63) is 36.2 Å². The van der Waals surface area contributed by atoms with E-state index < -0.39 is 0 Å². The molecule has 128 valence electrons. The zero-order valence-electron chi connectivity index (χ0n) is 13.9. The van der Waals surface area contributed by atoms with Crippen LogP contribution in [0.25, 0.3) is 11.4 Å². The first-order valence-electron chi connectivity index (χ1n) is 8.34. The maximum atomic E-state index is 12.5. The molecule has 7 nitrogen and oxygen atoms in total. The van der Waals surface area contributed by atoms with Crippen LogP contribution >= 0.6 is 0 Å². The lowest BCUT2D eigenvalue weighted by atomic mass is 10.1. The lowest BCUT2D eigenvalue weighted by Crippen LogP contribution is -2.50. The summed E-state index contributed by atoms with van der Waals surface area (Å²) in [5, 5.41) is 10.0.